The van der Waals surface area contributed by atoms with Crippen molar-refractivity contribution in [1.29, 1.82) is 5.41 Å². The first kappa shape index (κ1) is 5.15. The molecule has 0 aromatic carbocycles. The molecule has 0 atom stereocenters. The fraction of sp³-hybridized carbons (Fsp3) is 0.400. The van der Waals surface area contributed by atoms with Gasteiger partial charge in [-0.25, -0.2) is 0 Å². The zero-order valence-electron chi connectivity index (χ0n) is 4.65. The van der Waals surface area contributed by atoms with E-state index in [9.17, 15) is 0 Å². The van der Waals surface area contributed by atoms with Crippen molar-refractivity contribution in [2.45, 2.75) is 6.42 Å². The Kier molecular flexibility index (Phi) is 0.970. The van der Waals surface area contributed by atoms with E-state index in [1.165, 1.54) is 0 Å². The molecule has 8 heavy (non-hydrogen) atoms. The predicted molar refractivity (Wildman–Crippen MR) is 32.4 cm³/mol. The number of rotatable bonds is 0. The molecule has 1 aliphatic heterocycles. The largest absolute Gasteiger partial charge is 0.370 e. The highest BCUT2D eigenvalue weighted by Crippen LogP contribution is 2.16. The summed E-state index contributed by atoms with van der Waals surface area (Å²) in [6, 6.07) is 0. The van der Waals surface area contributed by atoms with Crippen molar-refractivity contribution in [2.75, 3.05) is 6.54 Å². The molecule has 0 aromatic heterocycles. The van der Waals surface area contributed by atoms with E-state index >= 15 is 0 Å². The van der Waals surface area contributed by atoms with Crippen LogP contribution < -0.4 is 5.73 Å². The van der Waals surface area contributed by atoms with Gasteiger partial charge in [0.25, 0.3) is 0 Å². The average Bonchev–Trinajstić information content (AvgIpc) is 1.61. The third kappa shape index (κ3) is 0.559. The van der Waals surface area contributed by atoms with E-state index in [0.29, 0.717) is 0 Å². The molecule has 0 aromatic rings. The van der Waals surface area contributed by atoms with Gasteiger partial charge in [-0.1, -0.05) is 6.58 Å². The van der Waals surface area contributed by atoms with Crippen molar-refractivity contribution in [1.82, 2.24) is 4.90 Å². The summed E-state index contributed by atoms with van der Waals surface area (Å²) in [6.45, 7) is 4.54. The molecule has 0 radical (unpaired) electrons. The molecule has 44 valence electrons. The fourth-order valence-electron chi connectivity index (χ4n) is 0.673. The van der Waals surface area contributed by atoms with Gasteiger partial charge in [0, 0.05) is 18.7 Å². The van der Waals surface area contributed by atoms with Gasteiger partial charge in [-0.3, -0.25) is 5.41 Å². The average molecular weight is 111 g/mol. The topological polar surface area (TPSA) is 53.1 Å². The third-order valence-electron chi connectivity index (χ3n) is 1.30. The Hall–Kier alpha value is -0.990. The molecule has 0 bridgehead atoms. The summed E-state index contributed by atoms with van der Waals surface area (Å²) >= 11 is 0. The van der Waals surface area contributed by atoms with Crippen LogP contribution in [-0.2, 0) is 0 Å². The molecule has 1 saturated heterocycles. The lowest BCUT2D eigenvalue weighted by molar-refractivity contribution is 0.387. The summed E-state index contributed by atoms with van der Waals surface area (Å²) in [6.07, 6.45) is 0.986. The summed E-state index contributed by atoms with van der Waals surface area (Å²) in [5, 5.41) is 6.92. The maximum absolute atomic E-state index is 6.92. The highest BCUT2D eigenvalue weighted by atomic mass is 15.3. The van der Waals surface area contributed by atoms with Crippen molar-refractivity contribution in [2.24, 2.45) is 5.73 Å². The maximum atomic E-state index is 6.92. The Morgan fingerprint density at radius 1 is 1.88 bits per heavy atom. The second-order valence-corrected chi connectivity index (χ2v) is 1.85. The monoisotopic (exact) mass is 111 g/mol. The maximum Gasteiger partial charge on any atom is 0.192 e. The van der Waals surface area contributed by atoms with Crippen LogP contribution in [0, 0.1) is 5.41 Å². The molecular weight excluding hydrogens is 102 g/mol. The van der Waals surface area contributed by atoms with E-state index < -0.39 is 0 Å². The van der Waals surface area contributed by atoms with Crippen LogP contribution in [0.4, 0.5) is 0 Å². The second-order valence-electron chi connectivity index (χ2n) is 1.85. The number of nitrogens with zero attached hydrogens (tertiary/aromatic N) is 1. The number of nitrogens with two attached hydrogens (primary N) is 1. The summed E-state index contributed by atoms with van der Waals surface area (Å²) < 4.78 is 0. The molecule has 0 spiro atoms. The zero-order valence-corrected chi connectivity index (χ0v) is 4.65. The van der Waals surface area contributed by atoms with E-state index in [1.54, 1.807) is 4.90 Å². The number of hydrogen-bond acceptors (Lipinski definition) is 1. The molecule has 1 rings (SSSR count). The standard InChI is InChI=1S/C5H9N3/c1-4-2-3-8(4)5(6)7/h1-3H2,(H3,6,7). The molecule has 0 saturated carbocycles. The minimum atomic E-state index is 0.112. The van der Waals surface area contributed by atoms with Crippen LogP contribution in [0.15, 0.2) is 12.3 Å². The van der Waals surface area contributed by atoms with Gasteiger partial charge in [0.15, 0.2) is 5.96 Å². The van der Waals surface area contributed by atoms with E-state index in [4.69, 9.17) is 11.1 Å². The highest BCUT2D eigenvalue weighted by molar-refractivity contribution is 5.77. The highest BCUT2D eigenvalue weighted by Gasteiger charge is 2.18. The summed E-state index contributed by atoms with van der Waals surface area (Å²) in [5.41, 5.74) is 6.09. The Balaban J connectivity index is 2.49. The van der Waals surface area contributed by atoms with Crippen LogP contribution >= 0.6 is 0 Å². The zero-order chi connectivity index (χ0) is 6.15. The molecule has 1 aliphatic rings. The van der Waals surface area contributed by atoms with Crippen molar-refractivity contribution in [3.63, 3.8) is 0 Å². The van der Waals surface area contributed by atoms with Crippen LogP contribution in [0.1, 0.15) is 6.42 Å². The minimum Gasteiger partial charge on any atom is -0.370 e. The molecule has 0 aliphatic carbocycles. The van der Waals surface area contributed by atoms with Crippen LogP contribution in [0.25, 0.3) is 0 Å². The van der Waals surface area contributed by atoms with Gasteiger partial charge < -0.3 is 10.6 Å². The summed E-state index contributed by atoms with van der Waals surface area (Å²) in [4.78, 5) is 1.68. The first-order chi connectivity index (χ1) is 3.72. The lowest BCUT2D eigenvalue weighted by atomic mass is 10.2. The number of nitrogens with one attached hydrogen (secondary N) is 1. The van der Waals surface area contributed by atoms with Crippen molar-refractivity contribution >= 4 is 5.96 Å². The molecular formula is C5H9N3. The van der Waals surface area contributed by atoms with Crippen LogP contribution in [0.3, 0.4) is 0 Å². The quantitative estimate of drug-likeness (QED) is 0.344. The molecule has 0 amide bonds. The molecule has 1 fully saturated rings. The third-order valence-corrected chi connectivity index (χ3v) is 1.30. The first-order valence-electron chi connectivity index (χ1n) is 2.51. The molecule has 3 nitrogen and oxygen atoms in total. The van der Waals surface area contributed by atoms with Crippen molar-refractivity contribution < 1.29 is 0 Å². The first-order valence-corrected chi connectivity index (χ1v) is 2.51. The van der Waals surface area contributed by atoms with Gasteiger partial charge in [-0.15, -0.1) is 0 Å². The fourth-order valence-corrected chi connectivity index (χ4v) is 0.673. The van der Waals surface area contributed by atoms with Gasteiger partial charge in [0.1, 0.15) is 0 Å². The van der Waals surface area contributed by atoms with Crippen molar-refractivity contribution in [3.05, 3.63) is 12.3 Å². The number of guanidine groups is 1. The normalized spacial score (nSPS) is 18.0. The number of likely N-dealkylation sites (tertiary alicyclic amines) is 1. The van der Waals surface area contributed by atoms with Crippen molar-refractivity contribution in [3.8, 4) is 0 Å². The Labute approximate surface area is 48.3 Å². The van der Waals surface area contributed by atoms with Gasteiger partial charge >= 0.3 is 0 Å². The SMILES string of the molecule is C=C1CCN1C(=N)N. The van der Waals surface area contributed by atoms with Crippen LogP contribution in [0.2, 0.25) is 0 Å². The van der Waals surface area contributed by atoms with Gasteiger partial charge in [-0.05, 0) is 0 Å². The summed E-state index contributed by atoms with van der Waals surface area (Å²) in [5.74, 6) is 0.112. The smallest absolute Gasteiger partial charge is 0.192 e. The van der Waals surface area contributed by atoms with Crippen LogP contribution in [0.5, 0.6) is 0 Å². The lowest BCUT2D eigenvalue weighted by Crippen LogP contribution is -2.43. The molecule has 3 N–H and O–H groups in total. The Bertz CT molecular complexity index is 131. The Morgan fingerprint density at radius 2 is 2.50 bits per heavy atom. The van der Waals surface area contributed by atoms with Gasteiger partial charge in [0.2, 0.25) is 0 Å². The van der Waals surface area contributed by atoms with E-state index in [-0.39, 0.29) is 5.96 Å². The molecule has 1 heterocycles. The lowest BCUT2D eigenvalue weighted by Gasteiger charge is -2.33. The molecule has 0 unspecified atom stereocenters. The van der Waals surface area contributed by atoms with Gasteiger partial charge in [0.05, 0.1) is 0 Å². The van der Waals surface area contributed by atoms with E-state index in [0.717, 1.165) is 18.7 Å². The predicted octanol–water partition coefficient (Wildman–Crippen LogP) is 0.0993. The minimum absolute atomic E-state index is 0.112. The summed E-state index contributed by atoms with van der Waals surface area (Å²) in [7, 11) is 0. The second kappa shape index (κ2) is 1.51. The van der Waals surface area contributed by atoms with E-state index in [1.807, 2.05) is 0 Å². The Morgan fingerprint density at radius 3 is 2.50 bits per heavy atom. The van der Waals surface area contributed by atoms with E-state index in [2.05, 4.69) is 6.58 Å². The van der Waals surface area contributed by atoms with Crippen LogP contribution in [-0.4, -0.2) is 17.4 Å². The number of hydrogen-bond donors (Lipinski definition) is 2. The van der Waals surface area contributed by atoms with Gasteiger partial charge in [-0.2, -0.15) is 0 Å². The molecule has 3 heteroatoms.